The lowest BCUT2D eigenvalue weighted by Gasteiger charge is -2.24. The first-order chi connectivity index (χ1) is 12.2. The number of aromatic nitrogens is 1. The summed E-state index contributed by atoms with van der Waals surface area (Å²) >= 11 is 0. The second-order valence-corrected chi connectivity index (χ2v) is 6.46. The smallest absolute Gasteiger partial charge is 0.234 e. The predicted molar refractivity (Wildman–Crippen MR) is 97.4 cm³/mol. The molecule has 1 aliphatic heterocycles. The molecule has 5 heteroatoms. The Kier molecular flexibility index (Phi) is 6.01. The number of hydrogen-bond donors (Lipinski definition) is 1. The minimum atomic E-state index is 0.0707. The van der Waals surface area contributed by atoms with Gasteiger partial charge in [0, 0.05) is 25.0 Å². The number of amides is 1. The lowest BCUT2D eigenvalue weighted by atomic mass is 10.0. The van der Waals surface area contributed by atoms with Crippen LogP contribution in [0.1, 0.15) is 24.0 Å². The van der Waals surface area contributed by atoms with Gasteiger partial charge >= 0.3 is 0 Å². The summed E-state index contributed by atoms with van der Waals surface area (Å²) in [6.07, 6.45) is 6.74. The van der Waals surface area contributed by atoms with Gasteiger partial charge in [0.05, 0.1) is 13.7 Å². The average Bonchev–Trinajstić information content (AvgIpc) is 3.07. The van der Waals surface area contributed by atoms with Crippen LogP contribution in [0.25, 0.3) is 0 Å². The molecule has 3 rings (SSSR count). The average molecular weight is 339 g/mol. The number of ether oxygens (including phenoxy) is 1. The third-order valence-corrected chi connectivity index (χ3v) is 4.66. The van der Waals surface area contributed by atoms with Crippen molar-refractivity contribution in [1.29, 1.82) is 0 Å². The van der Waals surface area contributed by atoms with E-state index in [4.69, 9.17) is 4.74 Å². The molecule has 1 saturated heterocycles. The highest BCUT2D eigenvalue weighted by Gasteiger charge is 2.26. The Morgan fingerprint density at radius 2 is 2.20 bits per heavy atom. The van der Waals surface area contributed by atoms with Crippen molar-refractivity contribution in [2.24, 2.45) is 0 Å². The molecule has 25 heavy (non-hydrogen) atoms. The van der Waals surface area contributed by atoms with Crippen molar-refractivity contribution in [3.8, 4) is 5.75 Å². The van der Waals surface area contributed by atoms with Gasteiger partial charge in [-0.15, -0.1) is 0 Å². The van der Waals surface area contributed by atoms with Gasteiger partial charge in [0.15, 0.2) is 0 Å². The maximum atomic E-state index is 12.3. The number of nitrogens with zero attached hydrogens (tertiary/aromatic N) is 2. The zero-order chi connectivity index (χ0) is 17.5. The van der Waals surface area contributed by atoms with Gasteiger partial charge in [0.1, 0.15) is 5.75 Å². The van der Waals surface area contributed by atoms with Gasteiger partial charge in [-0.25, -0.2) is 0 Å². The summed E-state index contributed by atoms with van der Waals surface area (Å²) in [4.78, 5) is 18.6. The largest absolute Gasteiger partial charge is 0.497 e. The van der Waals surface area contributed by atoms with Crippen LogP contribution in [0.3, 0.4) is 0 Å². The molecular weight excluding hydrogens is 314 g/mol. The highest BCUT2D eigenvalue weighted by Crippen LogP contribution is 2.22. The van der Waals surface area contributed by atoms with Crippen molar-refractivity contribution in [3.63, 3.8) is 0 Å². The maximum absolute atomic E-state index is 12.3. The van der Waals surface area contributed by atoms with Gasteiger partial charge in [-0.1, -0.05) is 18.2 Å². The molecule has 0 radical (unpaired) electrons. The van der Waals surface area contributed by atoms with E-state index >= 15 is 0 Å². The summed E-state index contributed by atoms with van der Waals surface area (Å²) in [6, 6.07) is 12.5. The van der Waals surface area contributed by atoms with Crippen molar-refractivity contribution < 1.29 is 9.53 Å². The minimum absolute atomic E-state index is 0.0707. The molecule has 0 spiro atoms. The van der Waals surface area contributed by atoms with Crippen LogP contribution in [0.4, 0.5) is 0 Å². The Hall–Kier alpha value is -2.40. The molecule has 0 aliphatic carbocycles. The van der Waals surface area contributed by atoms with Crippen molar-refractivity contribution in [2.75, 3.05) is 20.2 Å². The molecule has 5 nitrogen and oxygen atoms in total. The number of nitrogens with one attached hydrogen (secondary N) is 1. The number of benzene rings is 1. The van der Waals surface area contributed by atoms with Gasteiger partial charge in [-0.3, -0.25) is 14.7 Å². The second kappa shape index (κ2) is 8.62. The lowest BCUT2D eigenvalue weighted by Crippen LogP contribution is -2.40. The Labute approximate surface area is 149 Å². The summed E-state index contributed by atoms with van der Waals surface area (Å²) in [5.41, 5.74) is 2.28. The SMILES string of the molecule is COc1cccc(CC2CCCN2CC(=O)NCc2cccnc2)c1. The van der Waals surface area contributed by atoms with E-state index in [0.29, 0.717) is 19.1 Å². The van der Waals surface area contributed by atoms with E-state index in [9.17, 15) is 4.79 Å². The number of likely N-dealkylation sites (tertiary alicyclic amines) is 1. The molecule has 1 N–H and O–H groups in total. The lowest BCUT2D eigenvalue weighted by molar-refractivity contribution is -0.122. The molecule has 132 valence electrons. The Morgan fingerprint density at radius 3 is 3.00 bits per heavy atom. The number of rotatable bonds is 7. The number of pyridine rings is 1. The van der Waals surface area contributed by atoms with E-state index in [1.54, 1.807) is 19.5 Å². The van der Waals surface area contributed by atoms with E-state index in [1.165, 1.54) is 5.56 Å². The molecule has 2 heterocycles. The third-order valence-electron chi connectivity index (χ3n) is 4.66. The van der Waals surface area contributed by atoms with Crippen LogP contribution in [0.15, 0.2) is 48.8 Å². The Bertz CT molecular complexity index is 690. The first-order valence-electron chi connectivity index (χ1n) is 8.77. The minimum Gasteiger partial charge on any atom is -0.497 e. The van der Waals surface area contributed by atoms with Crippen LogP contribution in [0, 0.1) is 0 Å². The molecule has 1 atom stereocenters. The fourth-order valence-electron chi connectivity index (χ4n) is 3.35. The third kappa shape index (κ3) is 5.03. The molecular formula is C20H25N3O2. The van der Waals surface area contributed by atoms with Gasteiger partial charge < -0.3 is 10.1 Å². The highest BCUT2D eigenvalue weighted by atomic mass is 16.5. The Balaban J connectivity index is 1.51. The summed E-state index contributed by atoms with van der Waals surface area (Å²) in [5.74, 6) is 0.956. The topological polar surface area (TPSA) is 54.5 Å². The van der Waals surface area contributed by atoms with E-state index in [2.05, 4.69) is 27.3 Å². The van der Waals surface area contributed by atoms with Gasteiger partial charge in [-0.2, -0.15) is 0 Å². The molecule has 0 saturated carbocycles. The first-order valence-corrected chi connectivity index (χ1v) is 8.77. The molecule has 1 fully saturated rings. The van der Waals surface area contributed by atoms with Crippen LogP contribution in [0.5, 0.6) is 5.75 Å². The fraction of sp³-hybridized carbons (Fsp3) is 0.400. The molecule has 2 aromatic rings. The van der Waals surface area contributed by atoms with Crippen molar-refractivity contribution >= 4 is 5.91 Å². The zero-order valence-electron chi connectivity index (χ0n) is 14.6. The number of hydrogen-bond acceptors (Lipinski definition) is 4. The number of carbonyl (C=O) groups is 1. The molecule has 1 aromatic carbocycles. The van der Waals surface area contributed by atoms with Crippen LogP contribution in [-0.4, -0.2) is 42.0 Å². The molecule has 1 amide bonds. The van der Waals surface area contributed by atoms with Crippen LogP contribution in [-0.2, 0) is 17.8 Å². The van der Waals surface area contributed by atoms with E-state index in [1.807, 2.05) is 24.3 Å². The highest BCUT2D eigenvalue weighted by molar-refractivity contribution is 5.78. The van der Waals surface area contributed by atoms with Crippen molar-refractivity contribution in [3.05, 3.63) is 59.9 Å². The fourth-order valence-corrected chi connectivity index (χ4v) is 3.35. The van der Waals surface area contributed by atoms with Gasteiger partial charge in [0.25, 0.3) is 0 Å². The summed E-state index contributed by atoms with van der Waals surface area (Å²) in [7, 11) is 1.69. The van der Waals surface area contributed by atoms with E-state index < -0.39 is 0 Å². The molecule has 1 aliphatic rings. The number of carbonyl (C=O) groups excluding carboxylic acids is 1. The molecule has 1 aromatic heterocycles. The summed E-state index contributed by atoms with van der Waals surface area (Å²) in [5, 5.41) is 2.99. The standard InChI is InChI=1S/C20H25N3O2/c1-25-19-8-2-5-16(12-19)11-18-7-4-10-23(18)15-20(24)22-14-17-6-3-9-21-13-17/h2-3,5-6,8-9,12-13,18H,4,7,10-11,14-15H2,1H3,(H,22,24). The summed E-state index contributed by atoms with van der Waals surface area (Å²) in [6.45, 7) is 1.96. The zero-order valence-corrected chi connectivity index (χ0v) is 14.6. The quantitative estimate of drug-likeness (QED) is 0.842. The second-order valence-electron chi connectivity index (χ2n) is 6.46. The van der Waals surface area contributed by atoms with Crippen molar-refractivity contribution in [2.45, 2.75) is 31.8 Å². The normalized spacial score (nSPS) is 17.4. The monoisotopic (exact) mass is 339 g/mol. The van der Waals surface area contributed by atoms with Crippen LogP contribution in [0.2, 0.25) is 0 Å². The van der Waals surface area contributed by atoms with Gasteiger partial charge in [-0.05, 0) is 55.1 Å². The van der Waals surface area contributed by atoms with E-state index in [-0.39, 0.29) is 5.91 Å². The van der Waals surface area contributed by atoms with Crippen LogP contribution < -0.4 is 10.1 Å². The van der Waals surface area contributed by atoms with Crippen LogP contribution >= 0.6 is 0 Å². The number of methoxy groups -OCH3 is 1. The molecule has 0 bridgehead atoms. The van der Waals surface area contributed by atoms with Crippen molar-refractivity contribution in [1.82, 2.24) is 15.2 Å². The molecule has 1 unspecified atom stereocenters. The van der Waals surface area contributed by atoms with Gasteiger partial charge in [0.2, 0.25) is 5.91 Å². The van der Waals surface area contributed by atoms with E-state index in [0.717, 1.165) is 37.1 Å². The Morgan fingerprint density at radius 1 is 1.32 bits per heavy atom. The first kappa shape index (κ1) is 17.4. The predicted octanol–water partition coefficient (Wildman–Crippen LogP) is 2.41. The maximum Gasteiger partial charge on any atom is 0.234 e. The summed E-state index contributed by atoms with van der Waals surface area (Å²) < 4.78 is 5.30.